The van der Waals surface area contributed by atoms with Crippen molar-refractivity contribution in [2.75, 3.05) is 13.2 Å². The molecule has 0 spiro atoms. The van der Waals surface area contributed by atoms with E-state index in [9.17, 15) is 14.4 Å². The van der Waals surface area contributed by atoms with Crippen LogP contribution in [0, 0.1) is 0 Å². The van der Waals surface area contributed by atoms with Crippen molar-refractivity contribution >= 4 is 17.9 Å². The number of esters is 3. The van der Waals surface area contributed by atoms with Crippen molar-refractivity contribution in [1.29, 1.82) is 0 Å². The van der Waals surface area contributed by atoms with Gasteiger partial charge in [0.05, 0.1) is 0 Å². The Bertz CT molecular complexity index is 1470. The van der Waals surface area contributed by atoms with E-state index in [2.05, 4.69) is 136 Å². The predicted molar refractivity (Wildman–Crippen MR) is 297 cm³/mol. The van der Waals surface area contributed by atoms with Gasteiger partial charge in [0.2, 0.25) is 0 Å². The van der Waals surface area contributed by atoms with E-state index in [1.165, 1.54) is 64.2 Å². The number of unbranched alkanes of at least 4 members (excludes halogenated alkanes) is 18. The van der Waals surface area contributed by atoms with E-state index in [0.29, 0.717) is 19.3 Å². The van der Waals surface area contributed by atoms with Gasteiger partial charge in [0.25, 0.3) is 0 Å². The zero-order chi connectivity index (χ0) is 50.0. The molecule has 0 aliphatic rings. The fraction of sp³-hybridized carbons (Fsp3) is 0.635. The number of hydrogen-bond acceptors (Lipinski definition) is 6. The molecule has 69 heavy (non-hydrogen) atoms. The van der Waals surface area contributed by atoms with Crippen molar-refractivity contribution in [2.45, 2.75) is 245 Å². The van der Waals surface area contributed by atoms with Crippen LogP contribution < -0.4 is 0 Å². The number of allylic oxidation sites excluding steroid dienone is 20. The minimum Gasteiger partial charge on any atom is -0.462 e. The molecule has 0 amide bonds. The second-order valence-corrected chi connectivity index (χ2v) is 18.1. The molecule has 0 radical (unpaired) electrons. The summed E-state index contributed by atoms with van der Waals surface area (Å²) in [5.74, 6) is -1.01. The molecule has 0 aliphatic carbocycles. The number of rotatable bonds is 49. The SMILES string of the molecule is CC/C=C\C/C=C\C/C=C\C/C=C\CCCCCCCCC(=O)OCC(COC(=O)CC/C=C\C/C=C\CCCCCCCC)OC(=O)CCCCCCCC/C=C\C/C=C\C/C=C\C/C=C\CC. The molecule has 0 rings (SSSR count). The summed E-state index contributed by atoms with van der Waals surface area (Å²) in [6, 6.07) is 0. The lowest BCUT2D eigenvalue weighted by molar-refractivity contribution is -0.166. The molecule has 1 atom stereocenters. The van der Waals surface area contributed by atoms with Crippen LogP contribution in [0.4, 0.5) is 0 Å². The van der Waals surface area contributed by atoms with Gasteiger partial charge in [-0.2, -0.15) is 0 Å². The van der Waals surface area contributed by atoms with Crippen LogP contribution in [0.25, 0.3) is 0 Å². The van der Waals surface area contributed by atoms with Gasteiger partial charge in [0.1, 0.15) is 13.2 Å². The zero-order valence-electron chi connectivity index (χ0n) is 44.5. The maximum Gasteiger partial charge on any atom is 0.306 e. The van der Waals surface area contributed by atoms with E-state index in [-0.39, 0.29) is 37.5 Å². The minimum absolute atomic E-state index is 0.112. The average molecular weight is 956 g/mol. The van der Waals surface area contributed by atoms with Crippen molar-refractivity contribution in [3.05, 3.63) is 122 Å². The van der Waals surface area contributed by atoms with Crippen LogP contribution in [0.15, 0.2) is 122 Å². The quantitative estimate of drug-likeness (QED) is 0.0262. The van der Waals surface area contributed by atoms with Gasteiger partial charge in [-0.25, -0.2) is 0 Å². The summed E-state index contributed by atoms with van der Waals surface area (Å²) in [4.78, 5) is 38.1. The summed E-state index contributed by atoms with van der Waals surface area (Å²) in [7, 11) is 0. The van der Waals surface area contributed by atoms with Crippen LogP contribution in [-0.2, 0) is 28.6 Å². The zero-order valence-corrected chi connectivity index (χ0v) is 44.5. The standard InChI is InChI=1S/C63H102O6/c1-4-7-10-13-16-19-22-25-27-29-31-33-35-38-41-44-47-50-53-56-62(65)68-59-60(58-67-61(64)55-52-49-46-43-40-37-24-21-18-15-12-9-6-3)69-63(66)57-54-51-48-45-42-39-36-34-32-30-28-26-23-20-17-14-11-8-5-2/h7-8,10-11,16-17,19-20,25-28,31-34,37,40,46,49,60H,4-6,9,12-15,18,21-24,29-30,35-36,38-39,41-45,47-48,50-59H2,1-3H3/b10-7-,11-8-,19-16-,20-17-,27-25-,28-26-,33-31-,34-32-,40-37-,49-46-. The Balaban J connectivity index is 4.50. The fourth-order valence-electron chi connectivity index (χ4n) is 7.30. The highest BCUT2D eigenvalue weighted by molar-refractivity contribution is 5.71. The highest BCUT2D eigenvalue weighted by Crippen LogP contribution is 2.13. The van der Waals surface area contributed by atoms with Gasteiger partial charge in [-0.15, -0.1) is 0 Å². The van der Waals surface area contributed by atoms with E-state index in [4.69, 9.17) is 14.2 Å². The lowest BCUT2D eigenvalue weighted by Gasteiger charge is -2.18. The first kappa shape index (κ1) is 64.8. The smallest absolute Gasteiger partial charge is 0.306 e. The Hall–Kier alpha value is -4.19. The van der Waals surface area contributed by atoms with Crippen molar-refractivity contribution in [1.82, 2.24) is 0 Å². The van der Waals surface area contributed by atoms with Crippen LogP contribution in [0.1, 0.15) is 239 Å². The molecule has 0 aromatic carbocycles. The van der Waals surface area contributed by atoms with Gasteiger partial charge in [0.15, 0.2) is 6.10 Å². The van der Waals surface area contributed by atoms with E-state index < -0.39 is 6.10 Å². The Labute approximate surface area is 424 Å². The molecule has 6 heteroatoms. The molecule has 0 bridgehead atoms. The second-order valence-electron chi connectivity index (χ2n) is 18.1. The molecule has 0 aliphatic heterocycles. The van der Waals surface area contributed by atoms with Gasteiger partial charge in [0, 0.05) is 19.3 Å². The van der Waals surface area contributed by atoms with E-state index in [0.717, 1.165) is 128 Å². The van der Waals surface area contributed by atoms with Crippen molar-refractivity contribution < 1.29 is 28.6 Å². The molecule has 0 saturated heterocycles. The normalized spacial score (nSPS) is 13.0. The van der Waals surface area contributed by atoms with Crippen LogP contribution in [-0.4, -0.2) is 37.2 Å². The molecule has 390 valence electrons. The summed E-state index contributed by atoms with van der Waals surface area (Å²) in [5.41, 5.74) is 0. The van der Waals surface area contributed by atoms with Crippen molar-refractivity contribution in [3.8, 4) is 0 Å². The first-order chi connectivity index (χ1) is 34.0. The predicted octanol–water partition coefficient (Wildman–Crippen LogP) is 18.9. The fourth-order valence-corrected chi connectivity index (χ4v) is 7.30. The lowest BCUT2D eigenvalue weighted by Crippen LogP contribution is -2.30. The summed E-state index contributed by atoms with van der Waals surface area (Å²) in [6.07, 6.45) is 77.7. The van der Waals surface area contributed by atoms with E-state index in [1.807, 2.05) is 6.08 Å². The van der Waals surface area contributed by atoms with E-state index >= 15 is 0 Å². The molecule has 0 aromatic rings. The molecule has 0 aromatic heterocycles. The van der Waals surface area contributed by atoms with Crippen LogP contribution in [0.5, 0.6) is 0 Å². The Morgan fingerprint density at radius 1 is 0.304 bits per heavy atom. The van der Waals surface area contributed by atoms with Gasteiger partial charge in [-0.3, -0.25) is 14.4 Å². The Morgan fingerprint density at radius 2 is 0.594 bits per heavy atom. The second kappa shape index (κ2) is 56.4. The topological polar surface area (TPSA) is 78.9 Å². The monoisotopic (exact) mass is 955 g/mol. The number of hydrogen-bond donors (Lipinski definition) is 0. The Kier molecular flexibility index (Phi) is 53.0. The minimum atomic E-state index is -0.818. The first-order valence-corrected chi connectivity index (χ1v) is 28.0. The maximum absolute atomic E-state index is 12.8. The maximum atomic E-state index is 12.8. The summed E-state index contributed by atoms with van der Waals surface area (Å²) < 4.78 is 16.8. The molecule has 0 heterocycles. The summed E-state index contributed by atoms with van der Waals surface area (Å²) >= 11 is 0. The van der Waals surface area contributed by atoms with Crippen molar-refractivity contribution in [3.63, 3.8) is 0 Å². The third kappa shape index (κ3) is 54.6. The van der Waals surface area contributed by atoms with Gasteiger partial charge >= 0.3 is 17.9 Å². The Morgan fingerprint density at radius 3 is 0.971 bits per heavy atom. The molecular weight excluding hydrogens is 853 g/mol. The molecular formula is C63H102O6. The third-order valence-electron chi connectivity index (χ3n) is 11.4. The highest BCUT2D eigenvalue weighted by Gasteiger charge is 2.19. The molecule has 0 saturated carbocycles. The molecule has 0 fully saturated rings. The third-order valence-corrected chi connectivity index (χ3v) is 11.4. The molecule has 6 nitrogen and oxygen atoms in total. The van der Waals surface area contributed by atoms with Gasteiger partial charge < -0.3 is 14.2 Å². The van der Waals surface area contributed by atoms with Crippen molar-refractivity contribution in [2.24, 2.45) is 0 Å². The summed E-state index contributed by atoms with van der Waals surface area (Å²) in [6.45, 7) is 6.32. The van der Waals surface area contributed by atoms with Crippen LogP contribution >= 0.6 is 0 Å². The van der Waals surface area contributed by atoms with Gasteiger partial charge in [-0.05, 0) is 116 Å². The van der Waals surface area contributed by atoms with E-state index in [1.54, 1.807) is 0 Å². The molecule has 0 N–H and O–H groups in total. The van der Waals surface area contributed by atoms with Crippen LogP contribution in [0.3, 0.4) is 0 Å². The first-order valence-electron chi connectivity index (χ1n) is 28.0. The summed E-state index contributed by atoms with van der Waals surface area (Å²) in [5, 5.41) is 0. The average Bonchev–Trinajstić information content (AvgIpc) is 3.35. The lowest BCUT2D eigenvalue weighted by atomic mass is 10.1. The number of carbonyl (C=O) groups excluding carboxylic acids is 3. The number of carbonyl (C=O) groups is 3. The van der Waals surface area contributed by atoms with Gasteiger partial charge in [-0.1, -0.05) is 226 Å². The highest BCUT2D eigenvalue weighted by atomic mass is 16.6. The molecule has 1 unspecified atom stereocenters. The van der Waals surface area contributed by atoms with Crippen LogP contribution in [0.2, 0.25) is 0 Å². The largest absolute Gasteiger partial charge is 0.462 e. The number of ether oxygens (including phenoxy) is 3.